The first-order valence-corrected chi connectivity index (χ1v) is 12.1. The van der Waals surface area contributed by atoms with Gasteiger partial charge in [-0.3, -0.25) is 4.79 Å². The summed E-state index contributed by atoms with van der Waals surface area (Å²) in [7, 11) is -3.59. The summed E-state index contributed by atoms with van der Waals surface area (Å²) >= 11 is 0. The molecule has 2 aliphatic rings. The van der Waals surface area contributed by atoms with Crippen molar-refractivity contribution in [3.05, 3.63) is 65.5 Å². The fraction of sp³-hybridized carbons (Fsp3) is 0.435. The summed E-state index contributed by atoms with van der Waals surface area (Å²) in [5, 5.41) is 2.78. The lowest BCUT2D eigenvalue weighted by Gasteiger charge is -2.37. The van der Waals surface area contributed by atoms with Crippen LogP contribution in [0.5, 0.6) is 0 Å². The largest absolute Gasteiger partial charge is 0.381 e. The average Bonchev–Trinajstić information content (AvgIpc) is 3.10. The number of carbonyl (C=O) groups is 1. The van der Waals surface area contributed by atoms with Crippen LogP contribution in [0.15, 0.2) is 48.5 Å². The number of anilines is 1. The van der Waals surface area contributed by atoms with E-state index in [2.05, 4.69) is 5.32 Å². The highest BCUT2D eigenvalue weighted by molar-refractivity contribution is 7.88. The highest BCUT2D eigenvalue weighted by Crippen LogP contribution is 2.46. The quantitative estimate of drug-likeness (QED) is 0.765. The van der Waals surface area contributed by atoms with E-state index in [-0.39, 0.29) is 18.2 Å². The van der Waals surface area contributed by atoms with Crippen molar-refractivity contribution in [1.29, 1.82) is 0 Å². The smallest absolute Gasteiger partial charge is 0.229 e. The number of hydrogen-bond acceptors (Lipinski definition) is 4. The Morgan fingerprint density at radius 3 is 2.58 bits per heavy atom. The maximum absolute atomic E-state index is 13.5. The van der Waals surface area contributed by atoms with Crippen LogP contribution in [-0.4, -0.2) is 44.9 Å². The molecular formula is C23H27FN2O4S. The molecule has 1 atom stereocenters. The molecule has 2 fully saturated rings. The van der Waals surface area contributed by atoms with Crippen molar-refractivity contribution in [2.75, 3.05) is 31.6 Å². The van der Waals surface area contributed by atoms with Crippen LogP contribution in [0.4, 0.5) is 10.1 Å². The molecule has 0 bridgehead atoms. The van der Waals surface area contributed by atoms with Gasteiger partial charge in [-0.05, 0) is 43.5 Å². The van der Waals surface area contributed by atoms with E-state index in [4.69, 9.17) is 4.74 Å². The van der Waals surface area contributed by atoms with Gasteiger partial charge in [-0.15, -0.1) is 0 Å². The van der Waals surface area contributed by atoms with Crippen molar-refractivity contribution >= 4 is 21.6 Å². The molecule has 1 N–H and O–H groups in total. The van der Waals surface area contributed by atoms with Crippen molar-refractivity contribution in [3.8, 4) is 0 Å². The molecule has 2 aromatic rings. The number of ether oxygens (including phenoxy) is 1. The fourth-order valence-electron chi connectivity index (χ4n) is 4.56. The van der Waals surface area contributed by atoms with Crippen LogP contribution in [-0.2, 0) is 25.3 Å². The molecule has 8 heteroatoms. The average molecular weight is 447 g/mol. The minimum atomic E-state index is -3.59. The molecule has 0 aromatic heterocycles. The van der Waals surface area contributed by atoms with E-state index in [1.807, 2.05) is 31.2 Å². The van der Waals surface area contributed by atoms with E-state index in [9.17, 15) is 17.6 Å². The molecule has 2 heterocycles. The lowest BCUT2D eigenvalue weighted by molar-refractivity contribution is -0.124. The molecule has 166 valence electrons. The van der Waals surface area contributed by atoms with Gasteiger partial charge in [-0.1, -0.05) is 35.9 Å². The summed E-state index contributed by atoms with van der Waals surface area (Å²) < 4.78 is 46.9. The highest BCUT2D eigenvalue weighted by Gasteiger charge is 2.53. The predicted molar refractivity (Wildman–Crippen MR) is 116 cm³/mol. The van der Waals surface area contributed by atoms with Gasteiger partial charge in [0.2, 0.25) is 15.9 Å². The van der Waals surface area contributed by atoms with Crippen molar-refractivity contribution in [3.63, 3.8) is 0 Å². The summed E-state index contributed by atoms with van der Waals surface area (Å²) in [6.45, 7) is 3.36. The van der Waals surface area contributed by atoms with Gasteiger partial charge in [0.15, 0.2) is 0 Å². The van der Waals surface area contributed by atoms with Gasteiger partial charge in [-0.2, -0.15) is 0 Å². The van der Waals surface area contributed by atoms with Crippen molar-refractivity contribution in [2.45, 2.75) is 25.5 Å². The Morgan fingerprint density at radius 1 is 1.19 bits per heavy atom. The van der Waals surface area contributed by atoms with Gasteiger partial charge >= 0.3 is 0 Å². The number of nitrogens with one attached hydrogen (secondary N) is 1. The first kappa shape index (κ1) is 21.9. The van der Waals surface area contributed by atoms with Crippen LogP contribution in [0.1, 0.15) is 24.0 Å². The van der Waals surface area contributed by atoms with E-state index in [0.717, 1.165) is 11.1 Å². The highest BCUT2D eigenvalue weighted by atomic mass is 32.2. The van der Waals surface area contributed by atoms with E-state index in [1.54, 1.807) is 6.07 Å². The number of aryl methyl sites for hydroxylation is 1. The Morgan fingerprint density at radius 2 is 1.90 bits per heavy atom. The Labute approximate surface area is 182 Å². The van der Waals surface area contributed by atoms with Crippen molar-refractivity contribution < 1.29 is 22.3 Å². The summed E-state index contributed by atoms with van der Waals surface area (Å²) in [6.07, 6.45) is 1.23. The van der Waals surface area contributed by atoms with Crippen LogP contribution < -0.4 is 5.32 Å². The number of sulfonamides is 1. The number of carbonyl (C=O) groups excluding carboxylic acids is 1. The lowest BCUT2D eigenvalue weighted by Crippen LogP contribution is -2.42. The monoisotopic (exact) mass is 446 g/mol. The normalized spacial score (nSPS) is 21.3. The molecule has 2 saturated heterocycles. The number of benzene rings is 2. The summed E-state index contributed by atoms with van der Waals surface area (Å²) in [5.41, 5.74) is 1.68. The zero-order valence-electron chi connectivity index (χ0n) is 17.5. The predicted octanol–water partition coefficient (Wildman–Crippen LogP) is 3.33. The third kappa shape index (κ3) is 4.81. The maximum Gasteiger partial charge on any atom is 0.229 e. The molecule has 0 aliphatic carbocycles. The number of rotatable bonds is 5. The van der Waals surface area contributed by atoms with Gasteiger partial charge in [0.05, 0.1) is 11.7 Å². The second kappa shape index (κ2) is 8.68. The van der Waals surface area contributed by atoms with Crippen molar-refractivity contribution in [1.82, 2.24) is 4.31 Å². The molecule has 0 radical (unpaired) electrons. The second-order valence-corrected chi connectivity index (χ2v) is 10.5. The Hall–Kier alpha value is -2.29. The lowest BCUT2D eigenvalue weighted by atomic mass is 9.72. The van der Waals surface area contributed by atoms with Gasteiger partial charge in [0, 0.05) is 37.4 Å². The molecule has 0 saturated carbocycles. The summed E-state index contributed by atoms with van der Waals surface area (Å²) in [6, 6.07) is 13.2. The molecular weight excluding hydrogens is 419 g/mol. The number of nitrogens with zero attached hydrogens (tertiary/aromatic N) is 1. The molecule has 4 rings (SSSR count). The number of amides is 1. The molecule has 2 aliphatic heterocycles. The molecule has 2 aromatic carbocycles. The van der Waals surface area contributed by atoms with Crippen LogP contribution in [0.25, 0.3) is 0 Å². The topological polar surface area (TPSA) is 75.7 Å². The molecule has 1 spiro atoms. The Kier molecular flexibility index (Phi) is 6.14. The van der Waals surface area contributed by atoms with Crippen LogP contribution >= 0.6 is 0 Å². The third-order valence-electron chi connectivity index (χ3n) is 6.38. The van der Waals surface area contributed by atoms with E-state index in [1.165, 1.54) is 22.5 Å². The zero-order chi connectivity index (χ0) is 22.1. The molecule has 1 amide bonds. The zero-order valence-corrected chi connectivity index (χ0v) is 18.3. The van der Waals surface area contributed by atoms with Crippen LogP contribution in [0.3, 0.4) is 0 Å². The minimum Gasteiger partial charge on any atom is -0.381 e. The Balaban J connectivity index is 1.56. The minimum absolute atomic E-state index is 0.0991. The second-order valence-electron chi connectivity index (χ2n) is 8.56. The van der Waals surface area contributed by atoms with E-state index >= 15 is 0 Å². The van der Waals surface area contributed by atoms with Gasteiger partial charge in [-0.25, -0.2) is 17.1 Å². The van der Waals surface area contributed by atoms with Gasteiger partial charge in [0.25, 0.3) is 0 Å². The first-order valence-electron chi connectivity index (χ1n) is 10.5. The standard InChI is InChI=1S/C23H27FN2O4S/c1-17-5-7-18(8-6-17)15-31(28,29)26-14-21(23(16-26)9-11-30-12-10-23)22(27)25-20-4-2-3-19(24)13-20/h2-8,13,21H,9-12,14-16H2,1H3,(H,25,27)/t21-/m0/s1. The van der Waals surface area contributed by atoms with Crippen LogP contribution in [0.2, 0.25) is 0 Å². The number of halogens is 1. The number of hydrogen-bond donors (Lipinski definition) is 1. The van der Waals surface area contributed by atoms with Crippen molar-refractivity contribution in [2.24, 2.45) is 11.3 Å². The summed E-state index contributed by atoms with van der Waals surface area (Å²) in [4.78, 5) is 13.2. The maximum atomic E-state index is 13.5. The summed E-state index contributed by atoms with van der Waals surface area (Å²) in [5.74, 6) is -1.33. The molecule has 31 heavy (non-hydrogen) atoms. The molecule has 6 nitrogen and oxygen atoms in total. The SMILES string of the molecule is Cc1ccc(CS(=O)(=O)N2C[C@@H](C(=O)Nc3cccc(F)c3)C3(CCOCC3)C2)cc1. The van der Waals surface area contributed by atoms with Crippen LogP contribution in [0, 0.1) is 24.1 Å². The molecule has 0 unspecified atom stereocenters. The third-order valence-corrected chi connectivity index (χ3v) is 8.14. The first-order chi connectivity index (χ1) is 14.8. The fourth-order valence-corrected chi connectivity index (χ4v) is 6.19. The van der Waals surface area contributed by atoms with Gasteiger partial charge in [0.1, 0.15) is 5.82 Å². The van der Waals surface area contributed by atoms with Gasteiger partial charge < -0.3 is 10.1 Å². The van der Waals surface area contributed by atoms with E-state index in [0.29, 0.717) is 38.3 Å². The van der Waals surface area contributed by atoms with E-state index < -0.39 is 27.2 Å². The Bertz CT molecular complexity index is 1050.